The summed E-state index contributed by atoms with van der Waals surface area (Å²) in [5.41, 5.74) is 1.13. The Morgan fingerprint density at radius 2 is 1.96 bits per heavy atom. The van der Waals surface area contributed by atoms with Crippen molar-refractivity contribution in [2.45, 2.75) is 39.2 Å². The number of hydrogen-bond donors (Lipinski definition) is 1. The molecule has 0 unspecified atom stereocenters. The molecule has 1 N–H and O–H groups in total. The highest BCUT2D eigenvalue weighted by Crippen LogP contribution is 2.21. The molecular weight excluding hydrogens is 294 g/mol. The summed E-state index contributed by atoms with van der Waals surface area (Å²) in [6.45, 7) is 3.02. The van der Waals surface area contributed by atoms with Gasteiger partial charge in [0.1, 0.15) is 0 Å². The van der Waals surface area contributed by atoms with Crippen LogP contribution in [0.4, 0.5) is 5.69 Å². The zero-order chi connectivity index (χ0) is 16.8. The SMILES string of the molecule is CC(=O)c1ccc(NC(=O)[C@H](C)OC(=O)C[C@H]2C=CCC2)cc1. The van der Waals surface area contributed by atoms with E-state index in [0.717, 1.165) is 12.8 Å². The number of nitrogens with one attached hydrogen (secondary N) is 1. The molecule has 0 radical (unpaired) electrons. The Balaban J connectivity index is 1.83. The van der Waals surface area contributed by atoms with Crippen LogP contribution in [0.5, 0.6) is 0 Å². The lowest BCUT2D eigenvalue weighted by Crippen LogP contribution is -2.30. The van der Waals surface area contributed by atoms with Gasteiger partial charge < -0.3 is 10.1 Å². The molecule has 0 saturated heterocycles. The monoisotopic (exact) mass is 315 g/mol. The van der Waals surface area contributed by atoms with E-state index in [1.54, 1.807) is 31.2 Å². The Bertz CT molecular complexity index is 618. The van der Waals surface area contributed by atoms with Crippen molar-refractivity contribution in [3.63, 3.8) is 0 Å². The highest BCUT2D eigenvalue weighted by atomic mass is 16.5. The third kappa shape index (κ3) is 5.06. The van der Waals surface area contributed by atoms with Crippen LogP contribution in [0.1, 0.15) is 43.5 Å². The van der Waals surface area contributed by atoms with E-state index in [1.807, 2.05) is 6.08 Å². The van der Waals surface area contributed by atoms with Crippen LogP contribution in [0.25, 0.3) is 0 Å². The third-order valence-corrected chi connectivity index (χ3v) is 3.78. The van der Waals surface area contributed by atoms with Crippen LogP contribution in [0.15, 0.2) is 36.4 Å². The maximum atomic E-state index is 12.0. The van der Waals surface area contributed by atoms with Crippen molar-refractivity contribution < 1.29 is 19.1 Å². The summed E-state index contributed by atoms with van der Waals surface area (Å²) < 4.78 is 5.17. The minimum atomic E-state index is -0.861. The number of allylic oxidation sites excluding steroid dienone is 2. The van der Waals surface area contributed by atoms with E-state index in [-0.39, 0.29) is 17.7 Å². The molecule has 5 nitrogen and oxygen atoms in total. The smallest absolute Gasteiger partial charge is 0.307 e. The van der Waals surface area contributed by atoms with Crippen molar-refractivity contribution in [1.82, 2.24) is 0 Å². The highest BCUT2D eigenvalue weighted by Gasteiger charge is 2.21. The number of hydrogen-bond acceptors (Lipinski definition) is 4. The van der Waals surface area contributed by atoms with E-state index >= 15 is 0 Å². The zero-order valence-corrected chi connectivity index (χ0v) is 13.4. The summed E-state index contributed by atoms with van der Waals surface area (Å²) >= 11 is 0. The van der Waals surface area contributed by atoms with Gasteiger partial charge in [0.2, 0.25) is 0 Å². The average Bonchev–Trinajstić information content (AvgIpc) is 3.00. The molecule has 0 aliphatic heterocycles. The Morgan fingerprint density at radius 3 is 2.52 bits per heavy atom. The molecule has 1 aromatic rings. The molecule has 0 fully saturated rings. The number of carbonyl (C=O) groups is 3. The maximum absolute atomic E-state index is 12.0. The summed E-state index contributed by atoms with van der Waals surface area (Å²) in [4.78, 5) is 35.0. The van der Waals surface area contributed by atoms with Crippen LogP contribution in [0.2, 0.25) is 0 Å². The van der Waals surface area contributed by atoms with Gasteiger partial charge >= 0.3 is 5.97 Å². The molecule has 0 aromatic heterocycles. The van der Waals surface area contributed by atoms with E-state index in [9.17, 15) is 14.4 Å². The molecule has 1 aliphatic carbocycles. The van der Waals surface area contributed by atoms with E-state index in [4.69, 9.17) is 4.74 Å². The summed E-state index contributed by atoms with van der Waals surface area (Å²) in [5, 5.41) is 2.67. The molecule has 1 amide bonds. The molecule has 0 bridgehead atoms. The van der Waals surface area contributed by atoms with E-state index in [0.29, 0.717) is 17.7 Å². The summed E-state index contributed by atoms with van der Waals surface area (Å²) in [5.74, 6) is -0.574. The fraction of sp³-hybridized carbons (Fsp3) is 0.389. The van der Waals surface area contributed by atoms with Gasteiger partial charge in [-0.25, -0.2) is 0 Å². The predicted octanol–water partition coefficient (Wildman–Crippen LogP) is 3.12. The lowest BCUT2D eigenvalue weighted by atomic mass is 10.1. The minimum Gasteiger partial charge on any atom is -0.453 e. The number of ketones is 1. The number of ether oxygens (including phenoxy) is 1. The fourth-order valence-corrected chi connectivity index (χ4v) is 2.41. The predicted molar refractivity (Wildman–Crippen MR) is 87.1 cm³/mol. The second-order valence-corrected chi connectivity index (χ2v) is 5.72. The molecule has 1 aromatic carbocycles. The number of carbonyl (C=O) groups excluding carboxylic acids is 3. The highest BCUT2D eigenvalue weighted by molar-refractivity contribution is 5.97. The topological polar surface area (TPSA) is 72.5 Å². The first-order valence-corrected chi connectivity index (χ1v) is 7.73. The van der Waals surface area contributed by atoms with E-state index < -0.39 is 12.0 Å². The van der Waals surface area contributed by atoms with Crippen LogP contribution >= 0.6 is 0 Å². The quantitative estimate of drug-likeness (QED) is 0.497. The van der Waals surface area contributed by atoms with Crippen LogP contribution in [-0.2, 0) is 14.3 Å². The van der Waals surface area contributed by atoms with Gasteiger partial charge in [-0.3, -0.25) is 14.4 Å². The largest absolute Gasteiger partial charge is 0.453 e. The molecule has 5 heteroatoms. The van der Waals surface area contributed by atoms with Gasteiger partial charge in [-0.05, 0) is 56.9 Å². The first-order valence-electron chi connectivity index (χ1n) is 7.73. The molecule has 1 aliphatic rings. The molecule has 2 atom stereocenters. The second kappa shape index (κ2) is 7.72. The molecular formula is C18H21NO4. The van der Waals surface area contributed by atoms with Crippen molar-refractivity contribution in [3.05, 3.63) is 42.0 Å². The van der Waals surface area contributed by atoms with Crippen molar-refractivity contribution in [2.75, 3.05) is 5.32 Å². The van der Waals surface area contributed by atoms with Crippen LogP contribution in [0.3, 0.4) is 0 Å². The van der Waals surface area contributed by atoms with E-state index in [2.05, 4.69) is 11.4 Å². The van der Waals surface area contributed by atoms with Gasteiger partial charge in [0.25, 0.3) is 5.91 Å². The summed E-state index contributed by atoms with van der Waals surface area (Å²) in [6, 6.07) is 6.57. The first-order chi connectivity index (χ1) is 11.0. The number of rotatable bonds is 6. The molecule has 0 heterocycles. The number of benzene rings is 1. The molecule has 122 valence electrons. The summed E-state index contributed by atoms with van der Waals surface area (Å²) in [7, 11) is 0. The van der Waals surface area contributed by atoms with Crippen LogP contribution < -0.4 is 5.32 Å². The first kappa shape index (κ1) is 16.9. The second-order valence-electron chi connectivity index (χ2n) is 5.72. The maximum Gasteiger partial charge on any atom is 0.307 e. The minimum absolute atomic E-state index is 0.0360. The van der Waals surface area contributed by atoms with Gasteiger partial charge in [0, 0.05) is 11.3 Å². The van der Waals surface area contributed by atoms with Gasteiger partial charge in [-0.15, -0.1) is 0 Å². The van der Waals surface area contributed by atoms with Crippen molar-refractivity contribution >= 4 is 23.3 Å². The Hall–Kier alpha value is -2.43. The Kier molecular flexibility index (Phi) is 5.68. The molecule has 0 spiro atoms. The number of Topliss-reactive ketones (excluding diaryl/α,β-unsaturated/α-hetero) is 1. The normalized spacial score (nSPS) is 17.6. The fourth-order valence-electron chi connectivity index (χ4n) is 2.41. The third-order valence-electron chi connectivity index (χ3n) is 3.78. The van der Waals surface area contributed by atoms with Crippen LogP contribution in [0, 0.1) is 5.92 Å². The average molecular weight is 315 g/mol. The molecule has 0 saturated carbocycles. The molecule has 23 heavy (non-hydrogen) atoms. The lowest BCUT2D eigenvalue weighted by Gasteiger charge is -2.15. The van der Waals surface area contributed by atoms with Gasteiger partial charge in [-0.2, -0.15) is 0 Å². The van der Waals surface area contributed by atoms with Crippen molar-refractivity contribution in [2.24, 2.45) is 5.92 Å². The number of anilines is 1. The Labute approximate surface area is 135 Å². The van der Waals surface area contributed by atoms with Gasteiger partial charge in [0.15, 0.2) is 11.9 Å². The number of esters is 1. The summed E-state index contributed by atoms with van der Waals surface area (Å²) in [6.07, 6.45) is 5.46. The van der Waals surface area contributed by atoms with Gasteiger partial charge in [0.05, 0.1) is 6.42 Å². The Morgan fingerprint density at radius 1 is 1.26 bits per heavy atom. The van der Waals surface area contributed by atoms with Crippen LogP contribution in [-0.4, -0.2) is 23.8 Å². The van der Waals surface area contributed by atoms with Crippen molar-refractivity contribution in [3.8, 4) is 0 Å². The molecule has 2 rings (SSSR count). The zero-order valence-electron chi connectivity index (χ0n) is 13.4. The van der Waals surface area contributed by atoms with E-state index in [1.165, 1.54) is 6.92 Å². The van der Waals surface area contributed by atoms with Gasteiger partial charge in [-0.1, -0.05) is 12.2 Å². The number of amides is 1. The standard InChI is InChI=1S/C18H21NO4/c1-12(20)15-7-9-16(10-8-15)19-18(22)13(2)23-17(21)11-14-5-3-4-6-14/h3,5,7-10,13-14H,4,6,11H2,1-2H3,(H,19,22)/t13-,14-/m0/s1. The van der Waals surface area contributed by atoms with Crippen molar-refractivity contribution in [1.29, 1.82) is 0 Å². The lowest BCUT2D eigenvalue weighted by molar-refractivity contribution is -0.153.